The number of fused-ring (bicyclic) bond motifs is 1. The minimum absolute atomic E-state index is 0.133. The summed E-state index contributed by atoms with van der Waals surface area (Å²) in [4.78, 5) is 0. The van der Waals surface area contributed by atoms with Gasteiger partial charge in [-0.3, -0.25) is 0 Å². The minimum Gasteiger partial charge on any atom is -0.112 e. The summed E-state index contributed by atoms with van der Waals surface area (Å²) in [6, 6.07) is 145. The van der Waals surface area contributed by atoms with E-state index in [2.05, 4.69) is 382 Å². The molecule has 2 aliphatic carbocycles. The van der Waals surface area contributed by atoms with Crippen molar-refractivity contribution in [1.82, 2.24) is 0 Å². The molecule has 0 nitrogen and oxygen atoms in total. The maximum atomic E-state index is 4.69. The zero-order valence-electron chi connectivity index (χ0n) is 55.8. The van der Waals surface area contributed by atoms with Crippen LogP contribution in [0.15, 0.2) is 410 Å². The van der Waals surface area contributed by atoms with Crippen molar-refractivity contribution in [3.05, 3.63) is 494 Å². The molecule has 13 aromatic carbocycles. The van der Waals surface area contributed by atoms with Crippen LogP contribution in [0.2, 0.25) is 0 Å². The van der Waals surface area contributed by atoms with E-state index in [9.17, 15) is 0 Å². The van der Waals surface area contributed by atoms with Crippen LogP contribution in [0.3, 0.4) is 0 Å². The van der Waals surface area contributed by atoms with Gasteiger partial charge in [-0.25, -0.2) is 0 Å². The van der Waals surface area contributed by atoms with Crippen LogP contribution in [0.1, 0.15) is 121 Å². The molecule has 0 spiro atoms. The van der Waals surface area contributed by atoms with Gasteiger partial charge in [0.25, 0.3) is 0 Å². The van der Waals surface area contributed by atoms with Gasteiger partial charge in [0.15, 0.2) is 0 Å². The van der Waals surface area contributed by atoms with Gasteiger partial charge in [0, 0.05) is 22.8 Å². The molecule has 0 heterocycles. The van der Waals surface area contributed by atoms with E-state index < -0.39 is 10.8 Å². The summed E-state index contributed by atoms with van der Waals surface area (Å²) in [7, 11) is 0. The van der Waals surface area contributed by atoms with Crippen molar-refractivity contribution < 1.29 is 0 Å². The lowest BCUT2D eigenvalue weighted by atomic mass is 9.46. The number of aryl methyl sites for hydroxylation is 3. The molecule has 0 bridgehead atoms. The Morgan fingerprint density at radius 1 is 0.357 bits per heavy atom. The van der Waals surface area contributed by atoms with Crippen LogP contribution < -0.4 is 0 Å². The quantitative estimate of drug-likeness (QED) is 0.0469. The largest absolute Gasteiger partial charge is 0.112 e. The second-order valence-electron chi connectivity index (χ2n) is 26.7. The fourth-order valence-electron chi connectivity index (χ4n) is 17.0. The highest BCUT2D eigenvalue weighted by molar-refractivity contribution is 5.89. The lowest BCUT2D eigenvalue weighted by Gasteiger charge is -2.55. The smallest absolute Gasteiger partial charge is 0.0588 e. The third-order valence-corrected chi connectivity index (χ3v) is 21.1. The van der Waals surface area contributed by atoms with Gasteiger partial charge in [-0.1, -0.05) is 382 Å². The van der Waals surface area contributed by atoms with Crippen molar-refractivity contribution in [3.8, 4) is 0 Å². The molecule has 0 amide bonds. The molecule has 15 rings (SSSR count). The van der Waals surface area contributed by atoms with Gasteiger partial charge in [-0.2, -0.15) is 0 Å². The molecule has 0 saturated carbocycles. The Hall–Kier alpha value is -11.1. The zero-order chi connectivity index (χ0) is 65.8. The third kappa shape index (κ3) is 12.6. The fourth-order valence-corrected chi connectivity index (χ4v) is 17.0. The zero-order valence-corrected chi connectivity index (χ0v) is 55.8. The lowest BCUT2D eigenvalue weighted by molar-refractivity contribution is 0.290. The predicted octanol–water partition coefficient (Wildman–Crippen LogP) is 23.8. The van der Waals surface area contributed by atoms with Crippen LogP contribution in [0.5, 0.6) is 0 Å². The predicted molar refractivity (Wildman–Crippen MR) is 409 cm³/mol. The molecule has 2 unspecified atom stereocenters. The molecule has 98 heavy (non-hydrogen) atoms. The Kier molecular flexibility index (Phi) is 18.9. The first-order valence-corrected chi connectivity index (χ1v) is 35.4. The molecule has 0 radical (unpaired) electrons. The highest BCUT2D eigenvalue weighted by Crippen LogP contribution is 2.63. The fraction of sp³-hybridized carbons (Fsp3) is 0.133. The van der Waals surface area contributed by atoms with Crippen molar-refractivity contribution in [2.75, 3.05) is 0 Å². The molecule has 0 N–H and O–H groups in total. The molecule has 0 saturated heterocycles. The number of allylic oxidation sites excluding steroid dienone is 4. The summed E-state index contributed by atoms with van der Waals surface area (Å²) in [5, 5.41) is 0. The molecule has 2 aliphatic rings. The lowest BCUT2D eigenvalue weighted by Crippen LogP contribution is -2.53. The average molecular weight is 1260 g/mol. The molecule has 0 heteroatoms. The summed E-state index contributed by atoms with van der Waals surface area (Å²) in [5.41, 5.74) is 30.6. The summed E-state index contributed by atoms with van der Waals surface area (Å²) >= 11 is 0. The Morgan fingerprint density at radius 2 is 0.745 bits per heavy atom. The minimum atomic E-state index is -0.839. The second-order valence-corrected chi connectivity index (χ2v) is 26.7. The standard InChI is InChI=1S/C98H82/c1-13-39-73(40-14-1)45-37-65-88-81(71-90-89-66-38-54-80(68-67-74-41-15-2-16-42-74)94(89)91(90)69-75-43-17-3-18-44-75)70-82(95(92(76-46-19-4-20-47-76)77-48-21-5-22-49-77)96(88)93(78-50-23-6-24-51-78)79-52-25-7-26-53-79)72-97(83-55-27-8-28-56-83,84-57-29-9-30-58-84)98(85-59-31-10-32-60-85,86-61-33-11-34-62-86)87-63-35-12-36-64-87/h1-36,38-44,46-64,66,82,91,93H,37,45,65,67-70,72H2. The topological polar surface area (TPSA) is 0 Å². The van der Waals surface area contributed by atoms with Gasteiger partial charge in [0.2, 0.25) is 0 Å². The maximum absolute atomic E-state index is 4.69. The Labute approximate surface area is 581 Å². The number of hydrogen-bond donors (Lipinski definition) is 0. The van der Waals surface area contributed by atoms with Crippen molar-refractivity contribution in [3.63, 3.8) is 0 Å². The number of benzene rings is 13. The Balaban J connectivity index is 1.12. The monoisotopic (exact) mass is 1260 g/mol. The highest BCUT2D eigenvalue weighted by Gasteiger charge is 2.58. The van der Waals surface area contributed by atoms with Crippen LogP contribution >= 0.6 is 0 Å². The molecule has 2 atom stereocenters. The molecule has 0 aromatic heterocycles. The van der Waals surface area contributed by atoms with E-state index in [-0.39, 0.29) is 17.8 Å². The van der Waals surface area contributed by atoms with E-state index in [4.69, 9.17) is 5.73 Å². The summed E-state index contributed by atoms with van der Waals surface area (Å²) in [6.45, 7) is 0. The molecule has 474 valence electrons. The van der Waals surface area contributed by atoms with E-state index >= 15 is 0 Å². The Morgan fingerprint density at radius 3 is 1.19 bits per heavy atom. The maximum Gasteiger partial charge on any atom is 0.0588 e. The first-order chi connectivity index (χ1) is 48.7. The Bertz CT molecular complexity index is 4650. The highest BCUT2D eigenvalue weighted by atomic mass is 14.6. The summed E-state index contributed by atoms with van der Waals surface area (Å²) in [6.07, 6.45) is 7.02. The van der Waals surface area contributed by atoms with Gasteiger partial charge < -0.3 is 0 Å². The van der Waals surface area contributed by atoms with Crippen molar-refractivity contribution >= 4 is 11.1 Å². The second kappa shape index (κ2) is 29.5. The van der Waals surface area contributed by atoms with Gasteiger partial charge in [0.05, 0.1) is 5.41 Å². The van der Waals surface area contributed by atoms with Crippen molar-refractivity contribution in [2.24, 2.45) is 5.92 Å². The van der Waals surface area contributed by atoms with Gasteiger partial charge in [-0.05, 0) is 169 Å². The van der Waals surface area contributed by atoms with E-state index in [1.807, 2.05) is 0 Å². The van der Waals surface area contributed by atoms with Crippen molar-refractivity contribution in [2.45, 2.75) is 74.0 Å². The molecule has 13 aromatic rings. The SMILES string of the molecule is C(=C1CC(CC(c2ccccc2)(c2ccccc2)C(c2ccccc2)(c2ccccc2)c2ccccc2)C(=C(c2ccccc2)c2ccccc2)C(C(c2ccccc2)c2ccccc2)=C1CCCc1ccccc1)=C1c2cccc(CCc3ccccc3)c2C1Cc1ccccc1. The van der Waals surface area contributed by atoms with E-state index in [0.717, 1.165) is 44.9 Å². The van der Waals surface area contributed by atoms with Crippen LogP contribution in [0.25, 0.3) is 11.1 Å². The normalized spacial score (nSPS) is 14.5. The van der Waals surface area contributed by atoms with Crippen LogP contribution in [-0.2, 0) is 36.5 Å². The van der Waals surface area contributed by atoms with Gasteiger partial charge >= 0.3 is 0 Å². The molecular formula is C98H82. The van der Waals surface area contributed by atoms with E-state index in [1.54, 1.807) is 0 Å². The number of rotatable bonds is 22. The van der Waals surface area contributed by atoms with Crippen LogP contribution in [0.4, 0.5) is 0 Å². The first kappa shape index (κ1) is 62.9. The van der Waals surface area contributed by atoms with E-state index in [1.165, 1.54) is 117 Å². The summed E-state index contributed by atoms with van der Waals surface area (Å²) in [5.74, 6) is -0.208. The average Bonchev–Trinajstić information content (AvgIpc) is 0.690. The number of hydrogen-bond acceptors (Lipinski definition) is 0. The molecular weight excluding hydrogens is 1180 g/mol. The molecule has 0 aliphatic heterocycles. The van der Waals surface area contributed by atoms with Gasteiger partial charge in [0.1, 0.15) is 0 Å². The molecule has 0 fully saturated rings. The third-order valence-electron chi connectivity index (χ3n) is 21.1. The van der Waals surface area contributed by atoms with Crippen LogP contribution in [-0.4, -0.2) is 0 Å². The first-order valence-electron chi connectivity index (χ1n) is 35.4. The van der Waals surface area contributed by atoms with Gasteiger partial charge in [-0.15, -0.1) is 5.73 Å². The summed E-state index contributed by atoms with van der Waals surface area (Å²) < 4.78 is 0. The van der Waals surface area contributed by atoms with E-state index in [0.29, 0.717) is 6.42 Å². The van der Waals surface area contributed by atoms with Crippen LogP contribution in [0, 0.1) is 5.92 Å². The van der Waals surface area contributed by atoms with Crippen molar-refractivity contribution in [1.29, 1.82) is 0 Å².